The first kappa shape index (κ1) is 10.3. The van der Waals surface area contributed by atoms with Crippen molar-refractivity contribution in [3.8, 4) is 0 Å². The molecule has 2 nitrogen and oxygen atoms in total. The number of nitrogens with two attached hydrogens (primary N) is 1. The zero-order valence-electron chi connectivity index (χ0n) is 9.61. The average Bonchev–Trinajstić information content (AvgIpc) is 2.94. The molecule has 0 amide bonds. The Hall–Kier alpha value is -0.860. The van der Waals surface area contributed by atoms with Gasteiger partial charge in [-0.3, -0.25) is 0 Å². The third-order valence-corrected chi connectivity index (χ3v) is 3.89. The van der Waals surface area contributed by atoms with Gasteiger partial charge in [0, 0.05) is 11.5 Å². The SMILES string of the molecule is NC1(CCc2ccc(C3COC3)cc2)CC1. The first-order valence-electron chi connectivity index (χ1n) is 6.21. The molecule has 1 saturated heterocycles. The molecule has 0 unspecified atom stereocenters. The fourth-order valence-corrected chi connectivity index (χ4v) is 2.19. The molecule has 1 aliphatic carbocycles. The smallest absolute Gasteiger partial charge is 0.0557 e. The monoisotopic (exact) mass is 217 g/mol. The summed E-state index contributed by atoms with van der Waals surface area (Å²) in [5.74, 6) is 0.637. The van der Waals surface area contributed by atoms with Crippen LogP contribution >= 0.6 is 0 Å². The zero-order chi connectivity index (χ0) is 11.0. The van der Waals surface area contributed by atoms with Crippen LogP contribution in [0.2, 0.25) is 0 Å². The maximum Gasteiger partial charge on any atom is 0.0557 e. The molecule has 0 bridgehead atoms. The third-order valence-electron chi connectivity index (χ3n) is 3.89. The van der Waals surface area contributed by atoms with E-state index < -0.39 is 0 Å². The maximum absolute atomic E-state index is 6.09. The molecule has 2 fully saturated rings. The molecular weight excluding hydrogens is 198 g/mol. The van der Waals surface area contributed by atoms with Gasteiger partial charge in [-0.2, -0.15) is 0 Å². The Balaban J connectivity index is 1.58. The molecule has 1 heterocycles. The fourth-order valence-electron chi connectivity index (χ4n) is 2.19. The van der Waals surface area contributed by atoms with Crippen LogP contribution in [0.4, 0.5) is 0 Å². The Morgan fingerprint density at radius 1 is 1.19 bits per heavy atom. The van der Waals surface area contributed by atoms with Crippen molar-refractivity contribution >= 4 is 0 Å². The van der Waals surface area contributed by atoms with Crippen molar-refractivity contribution in [1.29, 1.82) is 0 Å². The Morgan fingerprint density at radius 2 is 1.88 bits per heavy atom. The lowest BCUT2D eigenvalue weighted by Crippen LogP contribution is -2.25. The van der Waals surface area contributed by atoms with Crippen molar-refractivity contribution in [3.63, 3.8) is 0 Å². The molecule has 0 radical (unpaired) electrons. The predicted octanol–water partition coefficient (Wildman–Crippen LogP) is 2.22. The molecule has 16 heavy (non-hydrogen) atoms. The van der Waals surface area contributed by atoms with Crippen LogP contribution < -0.4 is 5.73 Å². The average molecular weight is 217 g/mol. The molecule has 2 aliphatic rings. The lowest BCUT2D eigenvalue weighted by molar-refractivity contribution is 0.00842. The maximum atomic E-state index is 6.09. The summed E-state index contributed by atoms with van der Waals surface area (Å²) < 4.78 is 5.20. The van der Waals surface area contributed by atoms with Gasteiger partial charge in [-0.05, 0) is 36.8 Å². The van der Waals surface area contributed by atoms with Crippen molar-refractivity contribution in [2.75, 3.05) is 13.2 Å². The van der Waals surface area contributed by atoms with Crippen molar-refractivity contribution in [2.45, 2.75) is 37.1 Å². The number of hydrogen-bond donors (Lipinski definition) is 1. The van der Waals surface area contributed by atoms with Crippen LogP contribution in [0.25, 0.3) is 0 Å². The van der Waals surface area contributed by atoms with E-state index in [2.05, 4.69) is 24.3 Å². The van der Waals surface area contributed by atoms with E-state index in [9.17, 15) is 0 Å². The molecule has 2 heteroatoms. The van der Waals surface area contributed by atoms with Gasteiger partial charge in [0.15, 0.2) is 0 Å². The van der Waals surface area contributed by atoms with E-state index in [-0.39, 0.29) is 5.54 Å². The van der Waals surface area contributed by atoms with Gasteiger partial charge in [-0.15, -0.1) is 0 Å². The largest absolute Gasteiger partial charge is 0.380 e. The van der Waals surface area contributed by atoms with Crippen LogP contribution in [0.5, 0.6) is 0 Å². The first-order chi connectivity index (χ1) is 7.75. The normalized spacial score (nSPS) is 22.8. The Labute approximate surface area is 96.8 Å². The lowest BCUT2D eigenvalue weighted by Gasteiger charge is -2.26. The molecule has 0 atom stereocenters. The second kappa shape index (κ2) is 3.86. The van der Waals surface area contributed by atoms with Crippen molar-refractivity contribution in [3.05, 3.63) is 35.4 Å². The quantitative estimate of drug-likeness (QED) is 0.839. The number of ether oxygens (including phenoxy) is 1. The lowest BCUT2D eigenvalue weighted by atomic mass is 9.95. The van der Waals surface area contributed by atoms with E-state index in [0.29, 0.717) is 5.92 Å². The van der Waals surface area contributed by atoms with E-state index >= 15 is 0 Å². The second-order valence-electron chi connectivity index (χ2n) is 5.34. The van der Waals surface area contributed by atoms with Gasteiger partial charge in [0.1, 0.15) is 0 Å². The Bertz CT molecular complexity index is 363. The summed E-state index contributed by atoms with van der Waals surface area (Å²) in [5, 5.41) is 0. The van der Waals surface area contributed by atoms with Crippen LogP contribution in [-0.2, 0) is 11.2 Å². The van der Waals surface area contributed by atoms with Gasteiger partial charge in [0.25, 0.3) is 0 Å². The zero-order valence-corrected chi connectivity index (χ0v) is 9.61. The molecule has 86 valence electrons. The molecule has 2 N–H and O–H groups in total. The van der Waals surface area contributed by atoms with Gasteiger partial charge in [0.2, 0.25) is 0 Å². The van der Waals surface area contributed by atoms with Gasteiger partial charge in [-0.25, -0.2) is 0 Å². The second-order valence-corrected chi connectivity index (χ2v) is 5.34. The fraction of sp³-hybridized carbons (Fsp3) is 0.571. The molecule has 1 aromatic carbocycles. The van der Waals surface area contributed by atoms with Crippen LogP contribution in [0.1, 0.15) is 36.3 Å². The van der Waals surface area contributed by atoms with Crippen molar-refractivity contribution in [2.24, 2.45) is 5.73 Å². The summed E-state index contributed by atoms with van der Waals surface area (Å²) in [6.07, 6.45) is 4.69. The summed E-state index contributed by atoms with van der Waals surface area (Å²) >= 11 is 0. The molecule has 1 aromatic rings. The Kier molecular flexibility index (Phi) is 2.49. The summed E-state index contributed by atoms with van der Waals surface area (Å²) in [5.41, 5.74) is 9.11. The first-order valence-corrected chi connectivity index (χ1v) is 6.21. The number of benzene rings is 1. The predicted molar refractivity (Wildman–Crippen MR) is 64.5 cm³/mol. The highest BCUT2D eigenvalue weighted by Crippen LogP contribution is 2.36. The summed E-state index contributed by atoms with van der Waals surface area (Å²) in [4.78, 5) is 0. The highest BCUT2D eigenvalue weighted by Gasteiger charge is 2.37. The topological polar surface area (TPSA) is 35.2 Å². The van der Waals surface area contributed by atoms with Crippen molar-refractivity contribution < 1.29 is 4.74 Å². The highest BCUT2D eigenvalue weighted by molar-refractivity contribution is 5.27. The molecular formula is C14H19NO. The van der Waals surface area contributed by atoms with Crippen LogP contribution in [0, 0.1) is 0 Å². The number of aryl methyl sites for hydroxylation is 1. The van der Waals surface area contributed by atoms with E-state index in [1.54, 1.807) is 0 Å². The van der Waals surface area contributed by atoms with Gasteiger partial charge in [-0.1, -0.05) is 24.3 Å². The Morgan fingerprint density at radius 3 is 2.38 bits per heavy atom. The molecule has 3 rings (SSSR count). The number of rotatable bonds is 4. The molecule has 0 aromatic heterocycles. The minimum Gasteiger partial charge on any atom is -0.380 e. The summed E-state index contributed by atoms with van der Waals surface area (Å²) in [6.45, 7) is 1.79. The van der Waals surface area contributed by atoms with Gasteiger partial charge in [0.05, 0.1) is 13.2 Å². The third kappa shape index (κ3) is 2.13. The van der Waals surface area contributed by atoms with Crippen LogP contribution in [-0.4, -0.2) is 18.8 Å². The van der Waals surface area contributed by atoms with Crippen molar-refractivity contribution in [1.82, 2.24) is 0 Å². The standard InChI is InChI=1S/C14H19NO/c15-14(7-8-14)6-5-11-1-3-12(4-2-11)13-9-16-10-13/h1-4,13H,5-10,15H2. The molecule has 1 saturated carbocycles. The van der Waals surface area contributed by atoms with E-state index in [0.717, 1.165) is 26.1 Å². The summed E-state index contributed by atoms with van der Waals surface area (Å²) in [6, 6.07) is 9.00. The van der Waals surface area contributed by atoms with E-state index in [1.807, 2.05) is 0 Å². The van der Waals surface area contributed by atoms with E-state index in [4.69, 9.17) is 10.5 Å². The summed E-state index contributed by atoms with van der Waals surface area (Å²) in [7, 11) is 0. The minimum absolute atomic E-state index is 0.181. The molecule has 1 aliphatic heterocycles. The van der Waals surface area contributed by atoms with Gasteiger partial charge >= 0.3 is 0 Å². The van der Waals surface area contributed by atoms with E-state index in [1.165, 1.54) is 24.0 Å². The minimum atomic E-state index is 0.181. The highest BCUT2D eigenvalue weighted by atomic mass is 16.5. The molecule has 0 spiro atoms. The van der Waals surface area contributed by atoms with Crippen LogP contribution in [0.15, 0.2) is 24.3 Å². The van der Waals surface area contributed by atoms with Crippen LogP contribution in [0.3, 0.4) is 0 Å². The number of hydrogen-bond acceptors (Lipinski definition) is 2. The van der Waals surface area contributed by atoms with Gasteiger partial charge < -0.3 is 10.5 Å².